The van der Waals surface area contributed by atoms with E-state index in [1.807, 2.05) is 0 Å². The Morgan fingerprint density at radius 2 is 0.556 bits per heavy atom. The maximum Gasteiger partial charge on any atom is 4.00 e. The average Bonchev–Trinajstić information content (AvgIpc) is 2.03. The molecule has 0 aliphatic rings. The minimum atomic E-state index is 0. The summed E-state index contributed by atoms with van der Waals surface area (Å²) in [6.45, 7) is 0. The normalized spacial score (nSPS) is 2.67. The van der Waals surface area contributed by atoms with Crippen molar-refractivity contribution >= 4 is 113 Å². The molecule has 0 heterocycles. The van der Waals surface area contributed by atoms with Crippen molar-refractivity contribution in [2.45, 2.75) is 0 Å². The second-order valence-corrected chi connectivity index (χ2v) is 0. The van der Waals surface area contributed by atoms with Crippen molar-refractivity contribution in [2.24, 2.45) is 0 Å². The maximum absolute atomic E-state index is 2.56. The summed E-state index contributed by atoms with van der Waals surface area (Å²) in [5, 5.41) is 0. The number of hydrogen-bond donors (Lipinski definition) is 0. The van der Waals surface area contributed by atoms with Gasteiger partial charge >= 0.3 is 159 Å². The van der Waals surface area contributed by atoms with Gasteiger partial charge in [0.2, 0.25) is 0 Å². The van der Waals surface area contributed by atoms with E-state index in [0.29, 0.717) is 0 Å². The van der Waals surface area contributed by atoms with Crippen molar-refractivity contribution < 1.29 is 45.6 Å². The van der Waals surface area contributed by atoms with Crippen LogP contribution in [-0.4, -0.2) is 113 Å². The predicted octanol–water partition coefficient (Wildman–Crippen LogP) is -3.67. The molecule has 0 saturated carbocycles. The third-order valence-corrected chi connectivity index (χ3v) is 0. The summed E-state index contributed by atoms with van der Waals surface area (Å²) in [5.41, 5.74) is 0. The molecule has 0 aliphatic heterocycles. The van der Waals surface area contributed by atoms with E-state index in [-0.39, 0.29) is 45.6 Å². The zero-order chi connectivity index (χ0) is 8.00. The molecule has 0 aromatic rings. The predicted molar refractivity (Wildman–Crippen MR) is 56.1 cm³/mol. The molecule has 0 saturated heterocycles. The van der Waals surface area contributed by atoms with Gasteiger partial charge in [0.05, 0.1) is 0 Å². The van der Waals surface area contributed by atoms with Crippen LogP contribution in [0.25, 0.3) is 0 Å². The summed E-state index contributed by atoms with van der Waals surface area (Å²) in [6, 6.07) is 0. The second-order valence-electron chi connectivity index (χ2n) is 0. The van der Waals surface area contributed by atoms with Gasteiger partial charge in [0.1, 0.15) is 0 Å². The first-order chi connectivity index (χ1) is 4.00. The van der Waals surface area contributed by atoms with Gasteiger partial charge in [-0.25, -0.2) is 0 Å². The number of hydrogen-bond acceptors (Lipinski definition) is 0. The van der Waals surface area contributed by atoms with Crippen LogP contribution in [0.5, 0.6) is 0 Å². The largest absolute Gasteiger partial charge is 4.00 e. The van der Waals surface area contributed by atoms with Crippen LogP contribution in [0, 0.1) is 39.9 Å². The van der Waals surface area contributed by atoms with Crippen LogP contribution in [-0.2, 0) is 0 Å². The van der Waals surface area contributed by atoms with Gasteiger partial charge in [-0.05, 0) is 0 Å². The monoisotopic (exact) mass is 879 g/mol. The second kappa shape index (κ2) is 69.9. The van der Waals surface area contributed by atoms with E-state index >= 15 is 0 Å². The smallest absolute Gasteiger partial charge is 4.00 e. The summed E-state index contributed by atoms with van der Waals surface area (Å²) in [7, 11) is 0. The molecule has 0 spiro atoms. The molecule has 9 heavy (non-hydrogen) atoms. The standard InChI is InChI=1S/4H2Se2.Th/c4*1-2;/h4*1-2H;/q;;;;+4. The van der Waals surface area contributed by atoms with Gasteiger partial charge in [-0.15, -0.1) is 0 Å². The molecule has 0 amide bonds. The Kier molecular flexibility index (Phi) is 227. The van der Waals surface area contributed by atoms with Crippen LogP contribution in [0.15, 0.2) is 0 Å². The van der Waals surface area contributed by atoms with Gasteiger partial charge in [0.15, 0.2) is 0 Å². The first-order valence-corrected chi connectivity index (χ1v) is 19.7. The first-order valence-electron chi connectivity index (χ1n) is 0.730. The average molecular weight is 872 g/mol. The topological polar surface area (TPSA) is 0 Å². The van der Waals surface area contributed by atoms with Crippen molar-refractivity contribution in [3.05, 3.63) is 0 Å². The van der Waals surface area contributed by atoms with Gasteiger partial charge in [0.25, 0.3) is 0 Å². The molecule has 0 unspecified atom stereocenters. The summed E-state index contributed by atoms with van der Waals surface area (Å²) in [5.74, 6) is 0. The molecule has 0 aliphatic carbocycles. The van der Waals surface area contributed by atoms with E-state index in [9.17, 15) is 0 Å². The van der Waals surface area contributed by atoms with E-state index in [2.05, 4.69) is 113 Å². The Bertz CT molecular complexity index is 16.1. The Labute approximate surface area is 155 Å². The Balaban J connectivity index is -0.00000000208. The van der Waals surface area contributed by atoms with Crippen LogP contribution in [0.3, 0.4) is 0 Å². The molecule has 0 rings (SSSR count). The van der Waals surface area contributed by atoms with Crippen LogP contribution >= 0.6 is 0 Å². The van der Waals surface area contributed by atoms with Crippen LogP contribution in [0.4, 0.5) is 0 Å². The SMILES string of the molecule is [H+].[H+].[H+].[H+].[Se-][SeH].[Se-][SeH].[Se-][SeH].[Se-][SeH].[Th+4]. The zero-order valence-corrected chi connectivity index (χ0v) is 22.4. The van der Waals surface area contributed by atoms with Crippen LogP contribution in [0.2, 0.25) is 0 Å². The van der Waals surface area contributed by atoms with Crippen molar-refractivity contribution in [3.8, 4) is 0 Å². The fourth-order valence-corrected chi connectivity index (χ4v) is 0. The minimum Gasteiger partial charge on any atom is 4.00 e. The molecule has 0 bridgehead atoms. The minimum absolute atomic E-state index is 0. The molecule has 0 radical (unpaired) electrons. The molecule has 0 nitrogen and oxygen atoms in total. The quantitative estimate of drug-likeness (QED) is 0.221. The van der Waals surface area contributed by atoms with Crippen LogP contribution in [0.1, 0.15) is 5.71 Å². The molecule has 0 atom stereocenters. The fraction of sp³-hybridized carbons (Fsp3) is 0. The Morgan fingerprint density at radius 1 is 0.556 bits per heavy atom. The van der Waals surface area contributed by atoms with E-state index < -0.39 is 0 Å². The summed E-state index contributed by atoms with van der Waals surface area (Å²) in [4.78, 5) is 0. The summed E-state index contributed by atoms with van der Waals surface area (Å²) in [6.07, 6.45) is 0. The Morgan fingerprint density at radius 3 is 0.556 bits per heavy atom. The van der Waals surface area contributed by atoms with Gasteiger partial charge < -0.3 is 0 Å². The Hall–Kier alpha value is 5.48. The molecule has 9 heteroatoms. The third kappa shape index (κ3) is 59.2. The molecule has 0 fully saturated rings. The molecule has 56 valence electrons. The molecular formula is H8Se8Th+4. The number of rotatable bonds is 0. The van der Waals surface area contributed by atoms with Crippen molar-refractivity contribution in [2.75, 3.05) is 0 Å². The van der Waals surface area contributed by atoms with E-state index in [0.717, 1.165) is 0 Å². The molecule has 0 aromatic heterocycles. The van der Waals surface area contributed by atoms with Gasteiger partial charge in [-0.3, -0.25) is 0 Å². The van der Waals surface area contributed by atoms with Crippen molar-refractivity contribution in [3.63, 3.8) is 0 Å². The summed E-state index contributed by atoms with van der Waals surface area (Å²) >= 11 is 19.0. The zero-order valence-electron chi connectivity index (χ0n) is 7.92. The van der Waals surface area contributed by atoms with E-state index in [1.165, 1.54) is 0 Å². The van der Waals surface area contributed by atoms with Crippen molar-refractivity contribution in [1.29, 1.82) is 0 Å². The molecule has 0 aromatic carbocycles. The first kappa shape index (κ1) is 29.3. The van der Waals surface area contributed by atoms with Crippen molar-refractivity contribution in [1.82, 2.24) is 0 Å². The molecular weight excluding hydrogens is 864 g/mol. The maximum atomic E-state index is 2.56. The van der Waals surface area contributed by atoms with Gasteiger partial charge in [-0.2, -0.15) is 0 Å². The summed E-state index contributed by atoms with van der Waals surface area (Å²) < 4.78 is 0. The fourth-order valence-electron chi connectivity index (χ4n) is 0. The third-order valence-electron chi connectivity index (χ3n) is 0. The van der Waals surface area contributed by atoms with Gasteiger partial charge in [-0.1, -0.05) is 0 Å². The molecule has 0 N–H and O–H groups in total. The van der Waals surface area contributed by atoms with E-state index in [1.54, 1.807) is 0 Å². The van der Waals surface area contributed by atoms with Gasteiger partial charge in [0, 0.05) is 0 Å². The van der Waals surface area contributed by atoms with E-state index in [4.69, 9.17) is 0 Å². The van der Waals surface area contributed by atoms with Crippen LogP contribution < -0.4 is 0 Å².